The van der Waals surface area contributed by atoms with E-state index in [9.17, 15) is 5.11 Å². The Balaban J connectivity index is 2.21. The van der Waals surface area contributed by atoms with Crippen LogP contribution in [0.1, 0.15) is 31.9 Å². The summed E-state index contributed by atoms with van der Waals surface area (Å²) in [5.41, 5.74) is 2.17. The summed E-state index contributed by atoms with van der Waals surface area (Å²) in [7, 11) is 0. The first-order valence-electron chi connectivity index (χ1n) is 6.86. The van der Waals surface area contributed by atoms with Crippen molar-refractivity contribution in [3.05, 3.63) is 59.1 Å². The third-order valence-corrected chi connectivity index (χ3v) is 3.50. The summed E-state index contributed by atoms with van der Waals surface area (Å²) in [6.45, 7) is 4.42. The second-order valence-electron chi connectivity index (χ2n) is 5.40. The molecule has 20 heavy (non-hydrogen) atoms. The lowest BCUT2D eigenvalue weighted by Gasteiger charge is -2.22. The van der Waals surface area contributed by atoms with E-state index in [0.29, 0.717) is 10.9 Å². The fourth-order valence-electron chi connectivity index (χ4n) is 2.23. The van der Waals surface area contributed by atoms with Gasteiger partial charge in [0.05, 0.1) is 11.1 Å². The highest BCUT2D eigenvalue weighted by atomic mass is 35.5. The normalized spacial score (nSPS) is 12.4. The van der Waals surface area contributed by atoms with Gasteiger partial charge in [-0.15, -0.1) is 0 Å². The molecule has 0 aromatic heterocycles. The highest BCUT2D eigenvalue weighted by molar-refractivity contribution is 6.32. The Kier molecular flexibility index (Phi) is 4.91. The summed E-state index contributed by atoms with van der Waals surface area (Å²) in [4.78, 5) is 0. The Morgan fingerprint density at radius 3 is 2.40 bits per heavy atom. The van der Waals surface area contributed by atoms with Crippen LogP contribution in [0.4, 0.5) is 5.69 Å². The van der Waals surface area contributed by atoms with E-state index in [-0.39, 0.29) is 11.8 Å². The molecule has 106 valence electrons. The minimum absolute atomic E-state index is 0.109. The van der Waals surface area contributed by atoms with Crippen molar-refractivity contribution in [2.45, 2.75) is 26.3 Å². The maximum absolute atomic E-state index is 9.48. The summed E-state index contributed by atoms with van der Waals surface area (Å²) in [6, 6.07) is 15.8. The SMILES string of the molecule is CC(C)CC(Nc1ccc(O)c(Cl)c1)c1ccccc1. The van der Waals surface area contributed by atoms with Gasteiger partial charge < -0.3 is 10.4 Å². The molecule has 2 aromatic carbocycles. The molecule has 2 nitrogen and oxygen atoms in total. The quantitative estimate of drug-likeness (QED) is 0.737. The fraction of sp³-hybridized carbons (Fsp3) is 0.294. The maximum Gasteiger partial charge on any atom is 0.134 e. The number of rotatable bonds is 5. The predicted octanol–water partition coefficient (Wildman–Crippen LogP) is 5.24. The summed E-state index contributed by atoms with van der Waals surface area (Å²) >= 11 is 5.96. The second kappa shape index (κ2) is 6.67. The van der Waals surface area contributed by atoms with Gasteiger partial charge in [-0.05, 0) is 36.1 Å². The Morgan fingerprint density at radius 1 is 1.10 bits per heavy atom. The molecule has 1 unspecified atom stereocenters. The van der Waals surface area contributed by atoms with Crippen molar-refractivity contribution in [3.8, 4) is 5.75 Å². The van der Waals surface area contributed by atoms with E-state index in [2.05, 4.69) is 31.3 Å². The molecular formula is C17H20ClNO. The Labute approximate surface area is 125 Å². The summed E-state index contributed by atoms with van der Waals surface area (Å²) in [6.07, 6.45) is 1.03. The predicted molar refractivity (Wildman–Crippen MR) is 85.4 cm³/mol. The van der Waals surface area contributed by atoms with Crippen LogP contribution in [0.2, 0.25) is 5.02 Å². The van der Waals surface area contributed by atoms with Crippen molar-refractivity contribution < 1.29 is 5.11 Å². The first-order chi connectivity index (χ1) is 9.56. The van der Waals surface area contributed by atoms with Gasteiger partial charge >= 0.3 is 0 Å². The fourth-order valence-corrected chi connectivity index (χ4v) is 2.41. The lowest BCUT2D eigenvalue weighted by atomic mass is 9.97. The number of halogens is 1. The Bertz CT molecular complexity index is 554. The topological polar surface area (TPSA) is 32.3 Å². The molecule has 0 fully saturated rings. The molecule has 0 saturated carbocycles. The number of anilines is 1. The Hall–Kier alpha value is -1.67. The second-order valence-corrected chi connectivity index (χ2v) is 5.81. The monoisotopic (exact) mass is 289 g/mol. The van der Waals surface area contributed by atoms with Crippen LogP contribution in [0.3, 0.4) is 0 Å². The van der Waals surface area contributed by atoms with E-state index in [4.69, 9.17) is 11.6 Å². The molecule has 0 saturated heterocycles. The van der Waals surface area contributed by atoms with Crippen molar-refractivity contribution in [2.75, 3.05) is 5.32 Å². The molecule has 2 rings (SSSR count). The Morgan fingerprint density at radius 2 is 1.80 bits per heavy atom. The van der Waals surface area contributed by atoms with E-state index in [1.54, 1.807) is 12.1 Å². The molecule has 2 aromatic rings. The average Bonchev–Trinajstić information content (AvgIpc) is 2.43. The van der Waals surface area contributed by atoms with Crippen molar-refractivity contribution >= 4 is 17.3 Å². The number of nitrogens with one attached hydrogen (secondary N) is 1. The molecule has 0 aliphatic rings. The zero-order chi connectivity index (χ0) is 14.5. The van der Waals surface area contributed by atoms with Crippen LogP contribution >= 0.6 is 11.6 Å². The molecule has 0 radical (unpaired) electrons. The van der Waals surface area contributed by atoms with Gasteiger partial charge in [-0.25, -0.2) is 0 Å². The van der Waals surface area contributed by atoms with Crippen molar-refractivity contribution in [3.63, 3.8) is 0 Å². The van der Waals surface area contributed by atoms with Gasteiger partial charge in [-0.3, -0.25) is 0 Å². The summed E-state index contributed by atoms with van der Waals surface area (Å²) in [5, 5.41) is 13.3. The number of benzene rings is 2. The van der Waals surface area contributed by atoms with E-state index >= 15 is 0 Å². The zero-order valence-corrected chi connectivity index (χ0v) is 12.6. The number of phenolic OH excluding ortho intramolecular Hbond substituents is 1. The number of hydrogen-bond acceptors (Lipinski definition) is 2. The minimum atomic E-state index is 0.109. The highest BCUT2D eigenvalue weighted by Gasteiger charge is 2.13. The van der Waals surface area contributed by atoms with Gasteiger partial charge in [-0.2, -0.15) is 0 Å². The lowest BCUT2D eigenvalue weighted by molar-refractivity contribution is 0.475. The van der Waals surface area contributed by atoms with Crippen molar-refractivity contribution in [2.24, 2.45) is 5.92 Å². The van der Waals surface area contributed by atoms with E-state index in [0.717, 1.165) is 12.1 Å². The zero-order valence-electron chi connectivity index (χ0n) is 11.8. The van der Waals surface area contributed by atoms with Crippen LogP contribution in [0, 0.1) is 5.92 Å². The van der Waals surface area contributed by atoms with Gasteiger partial charge in [0.15, 0.2) is 0 Å². The molecule has 3 heteroatoms. The van der Waals surface area contributed by atoms with E-state index in [1.165, 1.54) is 5.56 Å². The van der Waals surface area contributed by atoms with E-state index in [1.807, 2.05) is 24.3 Å². The number of hydrogen-bond donors (Lipinski definition) is 2. The van der Waals surface area contributed by atoms with Gasteiger partial charge in [-0.1, -0.05) is 55.8 Å². The van der Waals surface area contributed by atoms with Crippen molar-refractivity contribution in [1.82, 2.24) is 0 Å². The first-order valence-corrected chi connectivity index (χ1v) is 7.24. The van der Waals surface area contributed by atoms with Crippen LogP contribution in [0.15, 0.2) is 48.5 Å². The molecule has 0 heterocycles. The van der Waals surface area contributed by atoms with Crippen LogP contribution < -0.4 is 5.32 Å². The molecule has 0 spiro atoms. The van der Waals surface area contributed by atoms with Gasteiger partial charge in [0.2, 0.25) is 0 Å². The molecule has 0 bridgehead atoms. The first kappa shape index (κ1) is 14.7. The third kappa shape index (κ3) is 3.91. The van der Waals surface area contributed by atoms with Gasteiger partial charge in [0.25, 0.3) is 0 Å². The average molecular weight is 290 g/mol. The summed E-state index contributed by atoms with van der Waals surface area (Å²) in [5.74, 6) is 0.692. The van der Waals surface area contributed by atoms with Gasteiger partial charge in [0.1, 0.15) is 5.75 Å². The third-order valence-electron chi connectivity index (χ3n) is 3.20. The van der Waals surface area contributed by atoms with E-state index < -0.39 is 0 Å². The summed E-state index contributed by atoms with van der Waals surface area (Å²) < 4.78 is 0. The van der Waals surface area contributed by atoms with Crippen LogP contribution in [0.5, 0.6) is 5.75 Å². The minimum Gasteiger partial charge on any atom is -0.506 e. The standard InChI is InChI=1S/C17H20ClNO/c1-12(2)10-16(13-6-4-3-5-7-13)19-14-8-9-17(20)15(18)11-14/h3-9,11-12,16,19-20H,10H2,1-2H3. The molecule has 0 aliphatic carbocycles. The van der Waals surface area contributed by atoms with Crippen molar-refractivity contribution in [1.29, 1.82) is 0 Å². The molecule has 2 N–H and O–H groups in total. The van der Waals surface area contributed by atoms with Crippen LogP contribution in [-0.2, 0) is 0 Å². The molecule has 0 amide bonds. The smallest absolute Gasteiger partial charge is 0.134 e. The largest absolute Gasteiger partial charge is 0.506 e. The number of aromatic hydroxyl groups is 1. The molecule has 0 aliphatic heterocycles. The van der Waals surface area contributed by atoms with Crippen LogP contribution in [0.25, 0.3) is 0 Å². The van der Waals surface area contributed by atoms with Crippen LogP contribution in [-0.4, -0.2) is 5.11 Å². The lowest BCUT2D eigenvalue weighted by Crippen LogP contribution is -2.13. The van der Waals surface area contributed by atoms with Gasteiger partial charge in [0, 0.05) is 5.69 Å². The number of phenols is 1. The molecular weight excluding hydrogens is 270 g/mol. The highest BCUT2D eigenvalue weighted by Crippen LogP contribution is 2.30. The molecule has 1 atom stereocenters. The maximum atomic E-state index is 9.48.